The maximum Gasteiger partial charge on any atom is 0.262 e. The smallest absolute Gasteiger partial charge is 0.262 e. The number of aromatic nitrogens is 1. The van der Waals surface area contributed by atoms with E-state index in [2.05, 4.69) is 4.98 Å². The van der Waals surface area contributed by atoms with Crippen molar-refractivity contribution in [1.82, 2.24) is 4.98 Å². The van der Waals surface area contributed by atoms with Gasteiger partial charge in [-0.15, -0.1) is 0 Å². The number of hydrogen-bond acceptors (Lipinski definition) is 3. The number of amides is 1. The Hall–Kier alpha value is -2.43. The summed E-state index contributed by atoms with van der Waals surface area (Å²) in [7, 11) is 0. The number of benzene rings is 1. The van der Waals surface area contributed by atoms with Crippen LogP contribution in [0.25, 0.3) is 0 Å². The fourth-order valence-corrected chi connectivity index (χ4v) is 2.28. The number of nitrogens with zero attached hydrogens (tertiary/aromatic N) is 2. The molecular weight excluding hydrogens is 247 g/mol. The molecule has 2 aromatic rings. The van der Waals surface area contributed by atoms with Crippen molar-refractivity contribution in [2.24, 2.45) is 0 Å². The standard InChI is InChI=1S/C14H11FN2O2/c15-10-2-1-9-4-6-17(12(9)7-10)14(19)11-3-5-16-8-13(11)18/h1-3,5,7-8,18H,4,6H2. The largest absolute Gasteiger partial charge is 0.505 e. The van der Waals surface area contributed by atoms with Gasteiger partial charge >= 0.3 is 0 Å². The molecule has 1 aliphatic rings. The number of carbonyl (C=O) groups is 1. The topological polar surface area (TPSA) is 53.4 Å². The summed E-state index contributed by atoms with van der Waals surface area (Å²) in [5, 5.41) is 9.66. The van der Waals surface area contributed by atoms with Gasteiger partial charge in [-0.3, -0.25) is 9.78 Å². The Morgan fingerprint density at radius 3 is 3.00 bits per heavy atom. The molecule has 0 aliphatic carbocycles. The molecule has 0 atom stereocenters. The molecule has 0 saturated heterocycles. The number of aromatic hydroxyl groups is 1. The Morgan fingerprint density at radius 2 is 2.21 bits per heavy atom. The van der Waals surface area contributed by atoms with Crippen molar-refractivity contribution in [1.29, 1.82) is 0 Å². The SMILES string of the molecule is O=C(c1ccncc1O)N1CCc2ccc(F)cc21. The van der Waals surface area contributed by atoms with Crippen molar-refractivity contribution in [3.05, 3.63) is 53.6 Å². The molecule has 0 fully saturated rings. The maximum absolute atomic E-state index is 13.3. The van der Waals surface area contributed by atoms with Gasteiger partial charge in [-0.05, 0) is 30.2 Å². The summed E-state index contributed by atoms with van der Waals surface area (Å²) in [4.78, 5) is 17.6. The van der Waals surface area contributed by atoms with Gasteiger partial charge in [0.1, 0.15) is 11.6 Å². The molecule has 0 bridgehead atoms. The van der Waals surface area contributed by atoms with E-state index >= 15 is 0 Å². The van der Waals surface area contributed by atoms with Gasteiger partial charge in [0.05, 0.1) is 17.4 Å². The summed E-state index contributed by atoms with van der Waals surface area (Å²) in [6.45, 7) is 0.485. The summed E-state index contributed by atoms with van der Waals surface area (Å²) in [6.07, 6.45) is 3.35. The Balaban J connectivity index is 2.00. The highest BCUT2D eigenvalue weighted by Crippen LogP contribution is 2.31. The van der Waals surface area contributed by atoms with Crippen LogP contribution in [0.2, 0.25) is 0 Å². The van der Waals surface area contributed by atoms with E-state index in [4.69, 9.17) is 0 Å². The third-order valence-electron chi connectivity index (χ3n) is 3.22. The summed E-state index contributed by atoms with van der Waals surface area (Å²) in [6, 6.07) is 5.87. The Labute approximate surface area is 109 Å². The van der Waals surface area contributed by atoms with Crippen LogP contribution in [-0.4, -0.2) is 22.5 Å². The van der Waals surface area contributed by atoms with Gasteiger partial charge in [-0.25, -0.2) is 4.39 Å². The van der Waals surface area contributed by atoms with Crippen molar-refractivity contribution in [3.8, 4) is 5.75 Å². The monoisotopic (exact) mass is 258 g/mol. The first-order chi connectivity index (χ1) is 9.16. The fraction of sp³-hybridized carbons (Fsp3) is 0.143. The second-order valence-electron chi connectivity index (χ2n) is 4.37. The van der Waals surface area contributed by atoms with Crippen LogP contribution in [-0.2, 0) is 6.42 Å². The summed E-state index contributed by atoms with van der Waals surface area (Å²) in [5.41, 5.74) is 1.68. The number of anilines is 1. The zero-order valence-corrected chi connectivity index (χ0v) is 10.0. The Bertz CT molecular complexity index is 658. The van der Waals surface area contributed by atoms with Crippen molar-refractivity contribution in [2.45, 2.75) is 6.42 Å². The molecule has 19 heavy (non-hydrogen) atoms. The molecule has 1 aliphatic heterocycles. The lowest BCUT2D eigenvalue weighted by Crippen LogP contribution is -2.29. The maximum atomic E-state index is 13.3. The molecule has 1 aromatic heterocycles. The molecule has 0 unspecified atom stereocenters. The van der Waals surface area contributed by atoms with Crippen LogP contribution in [0.4, 0.5) is 10.1 Å². The van der Waals surface area contributed by atoms with E-state index in [1.165, 1.54) is 35.5 Å². The van der Waals surface area contributed by atoms with E-state index in [1.54, 1.807) is 6.07 Å². The van der Waals surface area contributed by atoms with Crippen LogP contribution in [0, 0.1) is 5.82 Å². The highest BCUT2D eigenvalue weighted by molar-refractivity contribution is 6.08. The normalized spacial score (nSPS) is 13.4. The Morgan fingerprint density at radius 1 is 1.37 bits per heavy atom. The molecular formula is C14H11FN2O2. The number of fused-ring (bicyclic) bond motifs is 1. The minimum absolute atomic E-state index is 0.169. The van der Waals surface area contributed by atoms with E-state index in [-0.39, 0.29) is 23.0 Å². The molecule has 0 saturated carbocycles. The van der Waals surface area contributed by atoms with Crippen molar-refractivity contribution >= 4 is 11.6 Å². The van der Waals surface area contributed by atoms with Crippen LogP contribution in [0.1, 0.15) is 15.9 Å². The number of pyridine rings is 1. The molecule has 1 N–H and O–H groups in total. The minimum Gasteiger partial charge on any atom is -0.505 e. The predicted octanol–water partition coefficient (Wildman–Crippen LogP) is 2.13. The number of rotatable bonds is 1. The summed E-state index contributed by atoms with van der Waals surface area (Å²) in [5.74, 6) is -0.890. The van der Waals surface area contributed by atoms with Gasteiger partial charge in [-0.1, -0.05) is 6.07 Å². The first kappa shape index (κ1) is 11.6. The van der Waals surface area contributed by atoms with Gasteiger partial charge in [0.25, 0.3) is 5.91 Å². The molecule has 0 radical (unpaired) electrons. The van der Waals surface area contributed by atoms with E-state index in [9.17, 15) is 14.3 Å². The third-order valence-corrected chi connectivity index (χ3v) is 3.22. The predicted molar refractivity (Wildman–Crippen MR) is 67.7 cm³/mol. The van der Waals surface area contributed by atoms with Gasteiger partial charge in [-0.2, -0.15) is 0 Å². The van der Waals surface area contributed by atoms with E-state index in [1.807, 2.05) is 0 Å². The summed E-state index contributed by atoms with van der Waals surface area (Å²) >= 11 is 0. The lowest BCUT2D eigenvalue weighted by molar-refractivity contribution is 0.0986. The molecule has 5 heteroatoms. The van der Waals surface area contributed by atoms with Crippen LogP contribution < -0.4 is 4.90 Å². The zero-order valence-electron chi connectivity index (χ0n) is 10.0. The van der Waals surface area contributed by atoms with Crippen molar-refractivity contribution in [2.75, 3.05) is 11.4 Å². The highest BCUT2D eigenvalue weighted by Gasteiger charge is 2.27. The number of carbonyl (C=O) groups excluding carboxylic acids is 1. The van der Waals surface area contributed by atoms with E-state index < -0.39 is 0 Å². The lowest BCUT2D eigenvalue weighted by atomic mass is 10.1. The lowest BCUT2D eigenvalue weighted by Gasteiger charge is -2.17. The first-order valence-electron chi connectivity index (χ1n) is 5.90. The van der Waals surface area contributed by atoms with Gasteiger partial charge in [0.2, 0.25) is 0 Å². The molecule has 2 heterocycles. The molecule has 0 spiro atoms. The van der Waals surface area contributed by atoms with Crippen LogP contribution >= 0.6 is 0 Å². The van der Waals surface area contributed by atoms with E-state index in [0.717, 1.165) is 5.56 Å². The molecule has 4 nitrogen and oxygen atoms in total. The molecule has 96 valence electrons. The fourth-order valence-electron chi connectivity index (χ4n) is 2.28. The van der Waals surface area contributed by atoms with Crippen LogP contribution in [0.15, 0.2) is 36.7 Å². The molecule has 1 aromatic carbocycles. The second-order valence-corrected chi connectivity index (χ2v) is 4.37. The van der Waals surface area contributed by atoms with E-state index in [0.29, 0.717) is 18.7 Å². The average molecular weight is 258 g/mol. The van der Waals surface area contributed by atoms with Crippen molar-refractivity contribution < 1.29 is 14.3 Å². The zero-order chi connectivity index (χ0) is 13.4. The van der Waals surface area contributed by atoms with Crippen LogP contribution in [0.5, 0.6) is 5.75 Å². The quantitative estimate of drug-likeness (QED) is 0.852. The minimum atomic E-state index is -0.377. The first-order valence-corrected chi connectivity index (χ1v) is 5.90. The number of hydrogen-bond donors (Lipinski definition) is 1. The third kappa shape index (κ3) is 1.93. The Kier molecular flexibility index (Phi) is 2.67. The second kappa shape index (κ2) is 4.35. The van der Waals surface area contributed by atoms with Crippen LogP contribution in [0.3, 0.4) is 0 Å². The number of halogens is 1. The van der Waals surface area contributed by atoms with Crippen molar-refractivity contribution in [3.63, 3.8) is 0 Å². The van der Waals surface area contributed by atoms with Gasteiger partial charge < -0.3 is 10.0 Å². The molecule has 1 amide bonds. The van der Waals surface area contributed by atoms with Gasteiger partial charge in [0, 0.05) is 12.7 Å². The summed E-state index contributed by atoms with van der Waals surface area (Å²) < 4.78 is 13.3. The van der Waals surface area contributed by atoms with Gasteiger partial charge in [0.15, 0.2) is 0 Å². The highest BCUT2D eigenvalue weighted by atomic mass is 19.1. The average Bonchev–Trinajstić information content (AvgIpc) is 2.81. The molecule has 3 rings (SSSR count).